The molecule has 1 saturated carbocycles. The van der Waals surface area contributed by atoms with Crippen LogP contribution >= 0.6 is 0 Å². The van der Waals surface area contributed by atoms with Gasteiger partial charge in [-0.1, -0.05) is 19.3 Å². The molecule has 0 aromatic carbocycles. The molecule has 0 spiro atoms. The number of pyridine rings is 1. The van der Waals surface area contributed by atoms with Crippen LogP contribution in [0.25, 0.3) is 0 Å². The summed E-state index contributed by atoms with van der Waals surface area (Å²) in [7, 11) is 0. The quantitative estimate of drug-likeness (QED) is 0.801. The molecule has 0 saturated heterocycles. The first-order valence-electron chi connectivity index (χ1n) is 6.16. The summed E-state index contributed by atoms with van der Waals surface area (Å²) in [6.07, 6.45) is 10.1. The summed E-state index contributed by atoms with van der Waals surface area (Å²) in [6, 6.07) is 3.52. The zero-order valence-corrected chi connectivity index (χ0v) is 9.97. The number of aromatic nitrogens is 1. The fourth-order valence-electron chi connectivity index (χ4n) is 2.17. The maximum Gasteiger partial charge on any atom is 0.254 e. The minimum Gasteiger partial charge on any atom is -0.365 e. The predicted molar refractivity (Wildman–Crippen MR) is 63.1 cm³/mol. The summed E-state index contributed by atoms with van der Waals surface area (Å²) in [5.41, 5.74) is 5.74. The summed E-state index contributed by atoms with van der Waals surface area (Å²) in [6.45, 7) is 0.492. The summed E-state index contributed by atoms with van der Waals surface area (Å²) in [4.78, 5) is 11.0. The molecule has 1 amide bonds. The Kier molecular flexibility index (Phi) is 4.09. The second kappa shape index (κ2) is 5.77. The molecule has 0 radical (unpaired) electrons. The van der Waals surface area contributed by atoms with Crippen molar-refractivity contribution in [3.05, 3.63) is 30.1 Å². The molecular weight excluding hydrogens is 216 g/mol. The van der Waals surface area contributed by atoms with Crippen LogP contribution in [0.4, 0.5) is 0 Å². The fourth-order valence-corrected chi connectivity index (χ4v) is 2.17. The minimum absolute atomic E-state index is 0.369. The molecule has 1 aliphatic carbocycles. The molecule has 0 unspecified atom stereocenters. The van der Waals surface area contributed by atoms with Gasteiger partial charge in [-0.15, -0.1) is 0 Å². The van der Waals surface area contributed by atoms with Crippen LogP contribution in [0.15, 0.2) is 24.5 Å². The van der Waals surface area contributed by atoms with Crippen molar-refractivity contribution >= 4 is 5.91 Å². The molecule has 2 rings (SSSR count). The number of carbonyl (C=O) groups excluding carboxylic acids is 1. The van der Waals surface area contributed by atoms with Crippen molar-refractivity contribution in [2.24, 2.45) is 5.73 Å². The van der Waals surface area contributed by atoms with Gasteiger partial charge < -0.3 is 10.5 Å². The van der Waals surface area contributed by atoms with E-state index < -0.39 is 5.91 Å². The van der Waals surface area contributed by atoms with Crippen LogP contribution in [0.5, 0.6) is 0 Å². The smallest absolute Gasteiger partial charge is 0.254 e. The van der Waals surface area contributed by atoms with Crippen molar-refractivity contribution in [2.45, 2.75) is 44.9 Å². The molecule has 0 aliphatic heterocycles. The van der Waals surface area contributed by atoms with Crippen LogP contribution < -0.4 is 10.3 Å². The second-order valence-corrected chi connectivity index (χ2v) is 4.53. The monoisotopic (exact) mass is 235 g/mol. The van der Waals surface area contributed by atoms with Crippen molar-refractivity contribution in [2.75, 3.05) is 0 Å². The molecule has 1 aromatic rings. The third-order valence-electron chi connectivity index (χ3n) is 3.15. The highest BCUT2D eigenvalue weighted by Gasteiger charge is 2.15. The highest BCUT2D eigenvalue weighted by atomic mass is 16.5. The standard InChI is InChI=1S/C13H18N2O2/c14-13(16)11-5-4-8-15(9-11)10-17-12-6-2-1-3-7-12/h4-5,8-9,12H,1-3,6-7,10H2,(H-,14,16)/p+1. The molecule has 0 bridgehead atoms. The van der Waals surface area contributed by atoms with Gasteiger partial charge in [-0.2, -0.15) is 4.57 Å². The number of hydrogen-bond acceptors (Lipinski definition) is 2. The lowest BCUT2D eigenvalue weighted by molar-refractivity contribution is -0.735. The van der Waals surface area contributed by atoms with Crippen molar-refractivity contribution in [3.63, 3.8) is 0 Å². The van der Waals surface area contributed by atoms with Crippen LogP contribution in [-0.2, 0) is 11.5 Å². The van der Waals surface area contributed by atoms with Gasteiger partial charge in [0.25, 0.3) is 12.6 Å². The molecule has 4 nitrogen and oxygen atoms in total. The Morgan fingerprint density at radius 1 is 1.41 bits per heavy atom. The van der Waals surface area contributed by atoms with Gasteiger partial charge in [-0.25, -0.2) is 0 Å². The summed E-state index contributed by atoms with van der Waals surface area (Å²) in [5.74, 6) is -0.406. The highest BCUT2D eigenvalue weighted by molar-refractivity contribution is 5.92. The van der Waals surface area contributed by atoms with E-state index in [1.807, 2.05) is 16.8 Å². The number of nitrogens with zero attached hydrogens (tertiary/aromatic N) is 1. The molecule has 1 aromatic heterocycles. The largest absolute Gasteiger partial charge is 0.365 e. The van der Waals surface area contributed by atoms with E-state index >= 15 is 0 Å². The van der Waals surface area contributed by atoms with Crippen LogP contribution in [0, 0.1) is 0 Å². The van der Waals surface area contributed by atoms with Gasteiger partial charge in [-0.05, 0) is 18.9 Å². The lowest BCUT2D eigenvalue weighted by atomic mass is 9.98. The van der Waals surface area contributed by atoms with Gasteiger partial charge in [-0.3, -0.25) is 4.79 Å². The van der Waals surface area contributed by atoms with Crippen LogP contribution in [0.1, 0.15) is 42.5 Å². The van der Waals surface area contributed by atoms with Gasteiger partial charge in [0.1, 0.15) is 5.56 Å². The average Bonchev–Trinajstić information content (AvgIpc) is 2.38. The van der Waals surface area contributed by atoms with Gasteiger partial charge in [0.15, 0.2) is 12.4 Å². The SMILES string of the molecule is NC(=O)c1ccc[n+](COC2CCCCC2)c1. The normalized spacial score (nSPS) is 16.9. The van der Waals surface area contributed by atoms with Crippen molar-refractivity contribution in [3.8, 4) is 0 Å². The number of nitrogens with two attached hydrogens (primary N) is 1. The molecule has 1 fully saturated rings. The van der Waals surface area contributed by atoms with Crippen LogP contribution in [0.3, 0.4) is 0 Å². The third-order valence-corrected chi connectivity index (χ3v) is 3.15. The molecule has 17 heavy (non-hydrogen) atoms. The van der Waals surface area contributed by atoms with E-state index in [9.17, 15) is 4.79 Å². The first-order chi connectivity index (χ1) is 8.25. The van der Waals surface area contributed by atoms with E-state index in [-0.39, 0.29) is 0 Å². The first-order valence-corrected chi connectivity index (χ1v) is 6.16. The van der Waals surface area contributed by atoms with Crippen LogP contribution in [0.2, 0.25) is 0 Å². The molecular formula is C13H19N2O2+. The topological polar surface area (TPSA) is 56.2 Å². The van der Waals surface area contributed by atoms with Crippen molar-refractivity contribution < 1.29 is 14.1 Å². The van der Waals surface area contributed by atoms with E-state index in [4.69, 9.17) is 10.5 Å². The molecule has 92 valence electrons. The Labute approximate surface area is 101 Å². The molecule has 4 heteroatoms. The average molecular weight is 235 g/mol. The van der Waals surface area contributed by atoms with E-state index in [0.29, 0.717) is 18.4 Å². The molecule has 1 heterocycles. The van der Waals surface area contributed by atoms with Crippen LogP contribution in [-0.4, -0.2) is 12.0 Å². The maximum absolute atomic E-state index is 11.0. The Bertz CT molecular complexity index is 387. The molecule has 0 atom stereocenters. The number of hydrogen-bond donors (Lipinski definition) is 1. The number of amides is 1. The maximum atomic E-state index is 11.0. The number of primary amides is 1. The number of ether oxygens (including phenoxy) is 1. The zero-order chi connectivity index (χ0) is 12.1. The molecule has 2 N–H and O–H groups in total. The van der Waals surface area contributed by atoms with E-state index in [2.05, 4.69) is 0 Å². The second-order valence-electron chi connectivity index (χ2n) is 4.53. The Morgan fingerprint density at radius 2 is 2.18 bits per heavy atom. The zero-order valence-electron chi connectivity index (χ0n) is 9.97. The van der Waals surface area contributed by atoms with E-state index in [0.717, 1.165) is 12.8 Å². The van der Waals surface area contributed by atoms with E-state index in [1.165, 1.54) is 19.3 Å². The predicted octanol–water partition coefficient (Wildman–Crippen LogP) is 1.38. The number of rotatable bonds is 4. The van der Waals surface area contributed by atoms with Gasteiger partial charge >= 0.3 is 0 Å². The van der Waals surface area contributed by atoms with Crippen molar-refractivity contribution in [1.82, 2.24) is 0 Å². The van der Waals surface area contributed by atoms with Gasteiger partial charge in [0.05, 0.1) is 6.10 Å². The number of carbonyl (C=O) groups is 1. The van der Waals surface area contributed by atoms with Gasteiger partial charge in [0, 0.05) is 6.07 Å². The van der Waals surface area contributed by atoms with E-state index in [1.54, 1.807) is 12.3 Å². The Hall–Kier alpha value is -1.42. The molecule has 1 aliphatic rings. The lowest BCUT2D eigenvalue weighted by Gasteiger charge is -2.20. The van der Waals surface area contributed by atoms with Crippen molar-refractivity contribution in [1.29, 1.82) is 0 Å². The third kappa shape index (κ3) is 3.53. The first kappa shape index (κ1) is 12.0. The Morgan fingerprint density at radius 3 is 2.88 bits per heavy atom. The fraction of sp³-hybridized carbons (Fsp3) is 0.538. The summed E-state index contributed by atoms with van der Waals surface area (Å²) < 4.78 is 7.67. The minimum atomic E-state index is -0.406. The summed E-state index contributed by atoms with van der Waals surface area (Å²) >= 11 is 0. The Balaban J connectivity index is 1.89. The summed E-state index contributed by atoms with van der Waals surface area (Å²) in [5, 5.41) is 0. The lowest BCUT2D eigenvalue weighted by Crippen LogP contribution is -2.37. The highest BCUT2D eigenvalue weighted by Crippen LogP contribution is 2.19. The van der Waals surface area contributed by atoms with Gasteiger partial charge in [0.2, 0.25) is 0 Å².